The van der Waals surface area contributed by atoms with E-state index in [0.717, 1.165) is 17.8 Å². The van der Waals surface area contributed by atoms with E-state index in [1.165, 1.54) is 6.07 Å². The van der Waals surface area contributed by atoms with Crippen molar-refractivity contribution in [2.45, 2.75) is 50.0 Å². The maximum Gasteiger partial charge on any atom is 0.250 e. The molecule has 0 amide bonds. The van der Waals surface area contributed by atoms with Crippen LogP contribution in [0.2, 0.25) is 4.34 Å². The Morgan fingerprint density at radius 2 is 2.00 bits per heavy atom. The summed E-state index contributed by atoms with van der Waals surface area (Å²) in [6, 6.07) is 2.54. The van der Waals surface area contributed by atoms with Crippen LogP contribution in [-0.2, 0) is 10.0 Å². The molecule has 110 valence electrons. The van der Waals surface area contributed by atoms with Crippen molar-refractivity contribution >= 4 is 33.0 Å². The zero-order valence-electron chi connectivity index (χ0n) is 11.3. The molecule has 1 heterocycles. The minimum atomic E-state index is -3.62. The third-order valence-electron chi connectivity index (χ3n) is 3.19. The van der Waals surface area contributed by atoms with Gasteiger partial charge >= 0.3 is 0 Å². The molecule has 1 aromatic heterocycles. The first-order valence-electron chi connectivity index (χ1n) is 6.27. The minimum absolute atomic E-state index is 0.0557. The predicted molar refractivity (Wildman–Crippen MR) is 79.2 cm³/mol. The van der Waals surface area contributed by atoms with E-state index in [1.807, 2.05) is 20.8 Å². The van der Waals surface area contributed by atoms with Crippen molar-refractivity contribution in [1.29, 1.82) is 0 Å². The quantitative estimate of drug-likeness (QED) is 0.810. The Morgan fingerprint density at radius 3 is 2.42 bits per heavy atom. The highest BCUT2D eigenvalue weighted by Gasteiger charge is 2.29. The van der Waals surface area contributed by atoms with Crippen LogP contribution in [0, 0.1) is 5.92 Å². The number of aliphatic hydroxyl groups excluding tert-OH is 1. The van der Waals surface area contributed by atoms with E-state index in [4.69, 9.17) is 11.6 Å². The van der Waals surface area contributed by atoms with Crippen molar-refractivity contribution in [2.75, 3.05) is 0 Å². The van der Waals surface area contributed by atoms with Gasteiger partial charge in [-0.3, -0.25) is 0 Å². The van der Waals surface area contributed by atoms with Crippen molar-refractivity contribution in [2.24, 2.45) is 5.92 Å². The van der Waals surface area contributed by atoms with Crippen molar-refractivity contribution in [3.63, 3.8) is 0 Å². The number of rotatable bonds is 7. The second kappa shape index (κ2) is 7.04. The molecular weight excluding hydrogens is 306 g/mol. The molecule has 0 spiro atoms. The van der Waals surface area contributed by atoms with Gasteiger partial charge in [-0.1, -0.05) is 38.8 Å². The van der Waals surface area contributed by atoms with Crippen LogP contribution in [0.3, 0.4) is 0 Å². The number of thiophene rings is 1. The smallest absolute Gasteiger partial charge is 0.250 e. The molecule has 1 rings (SSSR count). The zero-order valence-corrected chi connectivity index (χ0v) is 13.6. The van der Waals surface area contributed by atoms with Gasteiger partial charge in [0.25, 0.3) is 0 Å². The molecule has 0 aromatic carbocycles. The summed E-state index contributed by atoms with van der Waals surface area (Å²) in [5.41, 5.74) is 0. The standard InChI is InChI=1S/C12H20ClNO3S2/c1-4-8(3)12(9(15)5-2)14-19(16,17)11-7-6-10(13)18-11/h6-9,12,14-15H,4-5H2,1-3H3/t8-,9?,12-/m0/s1. The molecule has 1 aromatic rings. The fraction of sp³-hybridized carbons (Fsp3) is 0.667. The number of hydrogen-bond acceptors (Lipinski definition) is 4. The fourth-order valence-electron chi connectivity index (χ4n) is 1.76. The molecule has 19 heavy (non-hydrogen) atoms. The number of hydrogen-bond donors (Lipinski definition) is 2. The van der Waals surface area contributed by atoms with E-state index in [-0.39, 0.29) is 10.1 Å². The summed E-state index contributed by atoms with van der Waals surface area (Å²) < 4.78 is 27.7. The van der Waals surface area contributed by atoms with E-state index in [0.29, 0.717) is 10.8 Å². The summed E-state index contributed by atoms with van der Waals surface area (Å²) in [5, 5.41) is 9.99. The Bertz CT molecular complexity index is 491. The van der Waals surface area contributed by atoms with Crippen LogP contribution in [0.5, 0.6) is 0 Å². The average Bonchev–Trinajstić information content (AvgIpc) is 2.81. The first kappa shape index (κ1) is 16.9. The molecule has 3 atom stereocenters. The zero-order chi connectivity index (χ0) is 14.6. The van der Waals surface area contributed by atoms with Gasteiger partial charge in [0, 0.05) is 0 Å². The number of sulfonamides is 1. The topological polar surface area (TPSA) is 66.4 Å². The highest BCUT2D eigenvalue weighted by Crippen LogP contribution is 2.26. The minimum Gasteiger partial charge on any atom is -0.391 e. The molecule has 7 heteroatoms. The first-order valence-corrected chi connectivity index (χ1v) is 8.95. The van der Waals surface area contributed by atoms with Gasteiger partial charge < -0.3 is 5.11 Å². The van der Waals surface area contributed by atoms with Gasteiger partial charge in [-0.15, -0.1) is 11.3 Å². The number of aliphatic hydroxyl groups is 1. The summed E-state index contributed by atoms with van der Waals surface area (Å²) in [4.78, 5) is 0. The van der Waals surface area contributed by atoms with Crippen LogP contribution in [0.25, 0.3) is 0 Å². The van der Waals surface area contributed by atoms with Crippen LogP contribution in [-0.4, -0.2) is 25.7 Å². The summed E-state index contributed by atoms with van der Waals surface area (Å²) in [6.45, 7) is 5.72. The van der Waals surface area contributed by atoms with Gasteiger partial charge in [0.05, 0.1) is 16.5 Å². The lowest BCUT2D eigenvalue weighted by atomic mass is 9.94. The third-order valence-corrected chi connectivity index (χ3v) is 6.38. The Hall–Kier alpha value is -0.140. The average molecular weight is 326 g/mol. The molecule has 0 saturated heterocycles. The molecule has 0 bridgehead atoms. The van der Waals surface area contributed by atoms with Crippen molar-refractivity contribution in [3.05, 3.63) is 16.5 Å². The SMILES string of the molecule is CCC(O)[C@@H](NS(=O)(=O)c1ccc(Cl)s1)[C@@H](C)CC. The summed E-state index contributed by atoms with van der Waals surface area (Å²) in [5.74, 6) is 0.0557. The molecule has 0 aliphatic heterocycles. The van der Waals surface area contributed by atoms with Gasteiger partial charge in [0.15, 0.2) is 0 Å². The van der Waals surface area contributed by atoms with E-state index >= 15 is 0 Å². The highest BCUT2D eigenvalue weighted by molar-refractivity contribution is 7.91. The maximum absolute atomic E-state index is 12.2. The Morgan fingerprint density at radius 1 is 1.37 bits per heavy atom. The molecular formula is C12H20ClNO3S2. The third kappa shape index (κ3) is 4.43. The largest absolute Gasteiger partial charge is 0.391 e. The first-order chi connectivity index (χ1) is 8.81. The molecule has 4 nitrogen and oxygen atoms in total. The lowest BCUT2D eigenvalue weighted by molar-refractivity contribution is 0.107. The molecule has 0 aliphatic rings. The Balaban J connectivity index is 2.95. The van der Waals surface area contributed by atoms with Crippen LogP contribution in [0.4, 0.5) is 0 Å². The van der Waals surface area contributed by atoms with E-state index in [1.54, 1.807) is 6.07 Å². The molecule has 0 saturated carbocycles. The van der Waals surface area contributed by atoms with E-state index < -0.39 is 22.2 Å². The Labute approximate surface area is 123 Å². The monoisotopic (exact) mass is 325 g/mol. The Kier molecular flexibility index (Phi) is 6.26. The van der Waals surface area contributed by atoms with Crippen molar-refractivity contribution in [3.8, 4) is 0 Å². The van der Waals surface area contributed by atoms with Crippen LogP contribution in [0.1, 0.15) is 33.6 Å². The molecule has 0 radical (unpaired) electrons. The van der Waals surface area contributed by atoms with E-state index in [9.17, 15) is 13.5 Å². The maximum atomic E-state index is 12.2. The number of halogens is 1. The van der Waals surface area contributed by atoms with Crippen molar-refractivity contribution in [1.82, 2.24) is 4.72 Å². The lowest BCUT2D eigenvalue weighted by Gasteiger charge is -2.27. The summed E-state index contributed by atoms with van der Waals surface area (Å²) in [7, 11) is -3.62. The second-order valence-electron chi connectivity index (χ2n) is 4.57. The predicted octanol–water partition coefficient (Wildman–Crippen LogP) is 2.87. The normalized spacial score (nSPS) is 17.1. The van der Waals surface area contributed by atoms with Crippen LogP contribution >= 0.6 is 22.9 Å². The van der Waals surface area contributed by atoms with Crippen LogP contribution < -0.4 is 4.72 Å². The summed E-state index contributed by atoms with van der Waals surface area (Å²) in [6.07, 6.45) is 0.596. The van der Waals surface area contributed by atoms with Gasteiger partial charge in [0.2, 0.25) is 10.0 Å². The number of nitrogens with one attached hydrogen (secondary N) is 1. The van der Waals surface area contributed by atoms with E-state index in [2.05, 4.69) is 4.72 Å². The molecule has 1 unspecified atom stereocenters. The van der Waals surface area contributed by atoms with Gasteiger partial charge in [-0.25, -0.2) is 13.1 Å². The molecule has 0 aliphatic carbocycles. The molecule has 2 N–H and O–H groups in total. The second-order valence-corrected chi connectivity index (χ2v) is 8.22. The summed E-state index contributed by atoms with van der Waals surface area (Å²) >= 11 is 6.77. The molecule has 0 fully saturated rings. The van der Waals surface area contributed by atoms with Crippen molar-refractivity contribution < 1.29 is 13.5 Å². The lowest BCUT2D eigenvalue weighted by Crippen LogP contribution is -2.46. The highest BCUT2D eigenvalue weighted by atomic mass is 35.5. The fourth-order valence-corrected chi connectivity index (χ4v) is 4.64. The van der Waals surface area contributed by atoms with Gasteiger partial charge in [-0.05, 0) is 24.5 Å². The van der Waals surface area contributed by atoms with Gasteiger partial charge in [-0.2, -0.15) is 0 Å². The van der Waals surface area contributed by atoms with Gasteiger partial charge in [0.1, 0.15) is 4.21 Å². The van der Waals surface area contributed by atoms with Crippen LogP contribution in [0.15, 0.2) is 16.3 Å².